The van der Waals surface area contributed by atoms with Crippen molar-refractivity contribution < 1.29 is 0 Å². The molecule has 1 aliphatic rings. The minimum absolute atomic E-state index is 1.06. The molecule has 0 amide bonds. The molecular weight excluding hydrogens is 142 g/mol. The number of benzene rings is 1. The Morgan fingerprint density at radius 2 is 2.30 bits per heavy atom. The lowest BCUT2D eigenvalue weighted by molar-refractivity contribution is 1.57. The lowest BCUT2D eigenvalue weighted by Crippen LogP contribution is -2.06. The molecule has 1 N–H and O–H groups in total. The van der Waals surface area contributed by atoms with Gasteiger partial charge in [0.15, 0.2) is 0 Å². The summed E-state index contributed by atoms with van der Waals surface area (Å²) in [5.41, 5.74) is 1.18. The number of nitrogens with one attached hydrogen (secondary N) is 1. The van der Waals surface area contributed by atoms with E-state index in [2.05, 4.69) is 22.8 Å². The molecule has 50 valence electrons. The van der Waals surface area contributed by atoms with E-state index in [0.717, 1.165) is 5.22 Å². The molecule has 1 aromatic carbocycles. The third-order valence-corrected chi connectivity index (χ3v) is 2.18. The van der Waals surface area contributed by atoms with E-state index in [-0.39, 0.29) is 0 Å². The Kier molecular flexibility index (Phi) is 1.21. The minimum atomic E-state index is 1.06. The average Bonchev–Trinajstić information content (AvgIpc) is 2.33. The van der Waals surface area contributed by atoms with Crippen LogP contribution >= 0.6 is 11.9 Å². The van der Waals surface area contributed by atoms with Crippen molar-refractivity contribution in [1.29, 1.82) is 0 Å². The molecule has 0 unspecified atom stereocenters. The van der Waals surface area contributed by atoms with Gasteiger partial charge in [0, 0.05) is 10.6 Å². The molecule has 0 bridgehead atoms. The van der Waals surface area contributed by atoms with Crippen molar-refractivity contribution in [3.05, 3.63) is 28.6 Å². The molecule has 1 aliphatic heterocycles. The Hall–Kier alpha value is -0.890. The van der Waals surface area contributed by atoms with Gasteiger partial charge in [-0.25, -0.2) is 0 Å². The molecule has 0 radical (unpaired) electrons. The van der Waals surface area contributed by atoms with E-state index >= 15 is 0 Å². The summed E-state index contributed by atoms with van der Waals surface area (Å²) in [7, 11) is 0. The van der Waals surface area contributed by atoms with Crippen molar-refractivity contribution in [3.63, 3.8) is 0 Å². The zero-order valence-electron chi connectivity index (χ0n) is 5.42. The van der Waals surface area contributed by atoms with Gasteiger partial charge in [0.1, 0.15) is 0 Å². The molecule has 1 nitrogen and oxygen atoms in total. The SMILES string of the molecule is C=c1ccc2c(c1)NSC=2. The fourth-order valence-corrected chi connectivity index (χ4v) is 1.65. The van der Waals surface area contributed by atoms with Gasteiger partial charge in [0.2, 0.25) is 0 Å². The van der Waals surface area contributed by atoms with E-state index in [1.165, 1.54) is 10.9 Å². The fraction of sp³-hybridized carbons (Fsp3) is 0. The highest BCUT2D eigenvalue weighted by Crippen LogP contribution is 2.12. The van der Waals surface area contributed by atoms with Crippen molar-refractivity contribution >= 4 is 29.6 Å². The number of hydrogen-bond acceptors (Lipinski definition) is 2. The Labute approximate surface area is 63.6 Å². The quantitative estimate of drug-likeness (QED) is 0.550. The predicted molar refractivity (Wildman–Crippen MR) is 46.9 cm³/mol. The number of hydrogen-bond donors (Lipinski definition) is 1. The van der Waals surface area contributed by atoms with Crippen LogP contribution in [0.5, 0.6) is 0 Å². The third kappa shape index (κ3) is 0.809. The first-order valence-corrected chi connectivity index (χ1v) is 3.95. The molecular formula is C8H7NS. The van der Waals surface area contributed by atoms with Crippen molar-refractivity contribution in [2.45, 2.75) is 0 Å². The molecule has 0 aromatic heterocycles. The zero-order chi connectivity index (χ0) is 6.97. The van der Waals surface area contributed by atoms with E-state index in [1.54, 1.807) is 11.9 Å². The molecule has 2 heteroatoms. The Bertz CT molecular complexity index is 356. The van der Waals surface area contributed by atoms with Gasteiger partial charge in [0.25, 0.3) is 0 Å². The van der Waals surface area contributed by atoms with Crippen LogP contribution in [0.15, 0.2) is 18.2 Å². The second-order valence-electron chi connectivity index (χ2n) is 2.26. The summed E-state index contributed by atoms with van der Waals surface area (Å²) in [6.45, 7) is 3.83. The molecule has 0 saturated heterocycles. The summed E-state index contributed by atoms with van der Waals surface area (Å²) >= 11 is 1.61. The van der Waals surface area contributed by atoms with Gasteiger partial charge < -0.3 is 4.72 Å². The maximum atomic E-state index is 3.83. The minimum Gasteiger partial charge on any atom is -0.326 e. The summed E-state index contributed by atoms with van der Waals surface area (Å²) in [5.74, 6) is 0. The topological polar surface area (TPSA) is 12.0 Å². The van der Waals surface area contributed by atoms with Crippen molar-refractivity contribution in [2.75, 3.05) is 4.72 Å². The largest absolute Gasteiger partial charge is 0.326 e. The third-order valence-electron chi connectivity index (χ3n) is 1.47. The van der Waals surface area contributed by atoms with Crippen LogP contribution in [0.3, 0.4) is 0 Å². The summed E-state index contributed by atoms with van der Waals surface area (Å²) in [5, 5.41) is 4.41. The molecule has 1 aromatic rings. The average molecular weight is 149 g/mol. The number of rotatable bonds is 0. The molecule has 0 aliphatic carbocycles. The zero-order valence-corrected chi connectivity index (χ0v) is 6.24. The van der Waals surface area contributed by atoms with E-state index in [1.807, 2.05) is 12.1 Å². The van der Waals surface area contributed by atoms with E-state index in [9.17, 15) is 0 Å². The highest BCUT2D eigenvalue weighted by Gasteiger charge is 1.98. The first kappa shape index (κ1) is 5.86. The Morgan fingerprint density at radius 3 is 3.20 bits per heavy atom. The van der Waals surface area contributed by atoms with Crippen LogP contribution in [-0.2, 0) is 0 Å². The maximum absolute atomic E-state index is 3.83. The molecule has 0 atom stereocenters. The number of fused-ring (bicyclic) bond motifs is 1. The lowest BCUT2D eigenvalue weighted by Gasteiger charge is -1.93. The molecule has 10 heavy (non-hydrogen) atoms. The Morgan fingerprint density at radius 1 is 1.40 bits per heavy atom. The fourth-order valence-electron chi connectivity index (χ4n) is 0.951. The highest BCUT2D eigenvalue weighted by molar-refractivity contribution is 8.08. The first-order valence-electron chi connectivity index (χ1n) is 3.07. The van der Waals surface area contributed by atoms with Crippen LogP contribution < -0.4 is 15.2 Å². The monoisotopic (exact) mass is 149 g/mol. The van der Waals surface area contributed by atoms with Gasteiger partial charge >= 0.3 is 0 Å². The van der Waals surface area contributed by atoms with Crippen LogP contribution in [0.25, 0.3) is 12.0 Å². The molecule has 0 spiro atoms. The normalized spacial score (nSPS) is 13.6. The van der Waals surface area contributed by atoms with Gasteiger partial charge in [0.05, 0.1) is 5.69 Å². The highest BCUT2D eigenvalue weighted by atomic mass is 32.2. The number of anilines is 1. The Balaban J connectivity index is 2.80. The lowest BCUT2D eigenvalue weighted by atomic mass is 10.2. The van der Waals surface area contributed by atoms with E-state index < -0.39 is 0 Å². The van der Waals surface area contributed by atoms with E-state index in [4.69, 9.17) is 0 Å². The molecule has 0 fully saturated rings. The second kappa shape index (κ2) is 2.06. The summed E-state index contributed by atoms with van der Waals surface area (Å²) in [6, 6.07) is 6.14. The van der Waals surface area contributed by atoms with Gasteiger partial charge in [-0.15, -0.1) is 0 Å². The molecule has 1 heterocycles. The molecule has 0 saturated carbocycles. The van der Waals surface area contributed by atoms with Gasteiger partial charge in [-0.1, -0.05) is 18.7 Å². The van der Waals surface area contributed by atoms with Crippen molar-refractivity contribution in [3.8, 4) is 0 Å². The van der Waals surface area contributed by atoms with Gasteiger partial charge in [-0.3, -0.25) is 0 Å². The first-order chi connectivity index (χ1) is 4.86. The van der Waals surface area contributed by atoms with E-state index in [0.29, 0.717) is 0 Å². The summed E-state index contributed by atoms with van der Waals surface area (Å²) in [4.78, 5) is 0. The van der Waals surface area contributed by atoms with Crippen molar-refractivity contribution in [2.24, 2.45) is 0 Å². The standard InChI is InChI=1S/C8H7NS/c1-6-2-3-7-5-10-9-8(7)4-6/h2-5,9H,1H2. The van der Waals surface area contributed by atoms with Gasteiger partial charge in [-0.2, -0.15) is 0 Å². The smallest absolute Gasteiger partial charge is 0.0527 e. The second-order valence-corrected chi connectivity index (χ2v) is 2.93. The van der Waals surface area contributed by atoms with Crippen LogP contribution in [0.4, 0.5) is 5.69 Å². The predicted octanol–water partition coefficient (Wildman–Crippen LogP) is 0.909. The summed E-state index contributed by atoms with van der Waals surface area (Å²) in [6.07, 6.45) is 0. The van der Waals surface area contributed by atoms with Crippen molar-refractivity contribution in [1.82, 2.24) is 0 Å². The van der Waals surface area contributed by atoms with Crippen LogP contribution in [0.1, 0.15) is 0 Å². The van der Waals surface area contributed by atoms with Crippen LogP contribution in [0.2, 0.25) is 0 Å². The summed E-state index contributed by atoms with van der Waals surface area (Å²) < 4.78 is 3.16. The van der Waals surface area contributed by atoms with Crippen LogP contribution in [0, 0.1) is 0 Å². The maximum Gasteiger partial charge on any atom is 0.0527 e. The van der Waals surface area contributed by atoms with Gasteiger partial charge in [-0.05, 0) is 23.2 Å². The van der Waals surface area contributed by atoms with Crippen LogP contribution in [-0.4, -0.2) is 0 Å². The molecule has 2 rings (SSSR count).